The summed E-state index contributed by atoms with van der Waals surface area (Å²) < 4.78 is 22.0. The summed E-state index contributed by atoms with van der Waals surface area (Å²) >= 11 is 0. The van der Waals surface area contributed by atoms with Crippen LogP contribution in [0.1, 0.15) is 91.4 Å². The summed E-state index contributed by atoms with van der Waals surface area (Å²) in [6, 6.07) is 0. The fraction of sp³-hybridized carbons (Fsp3) is 0.750. The molecule has 48 heavy (non-hydrogen) atoms. The number of allylic oxidation sites excluding steroid dienone is 5. The minimum Gasteiger partial charge on any atom is -0.463 e. The second-order valence-electron chi connectivity index (χ2n) is 16.5. The molecule has 8 nitrogen and oxygen atoms in total. The number of esters is 2. The number of ether oxygens (including phenoxy) is 4. The molecule has 0 radical (unpaired) electrons. The third kappa shape index (κ3) is 7.90. The average molecular weight is 665 g/mol. The lowest BCUT2D eigenvalue weighted by molar-refractivity contribution is -0.153. The van der Waals surface area contributed by atoms with E-state index in [-0.39, 0.29) is 66.1 Å². The van der Waals surface area contributed by atoms with Crippen LogP contribution in [0.25, 0.3) is 0 Å². The molecule has 0 aliphatic heterocycles. The minimum atomic E-state index is -0.383. The molecule has 0 aromatic rings. The van der Waals surface area contributed by atoms with Gasteiger partial charge in [-0.2, -0.15) is 0 Å². The normalized spacial score (nSPS) is 38.4. The van der Waals surface area contributed by atoms with E-state index in [0.29, 0.717) is 43.7 Å². The van der Waals surface area contributed by atoms with Crippen molar-refractivity contribution in [3.8, 4) is 0 Å². The lowest BCUT2D eigenvalue weighted by atomic mass is 9.49. The van der Waals surface area contributed by atoms with E-state index >= 15 is 0 Å². The van der Waals surface area contributed by atoms with E-state index in [1.807, 2.05) is 19.1 Å². The summed E-state index contributed by atoms with van der Waals surface area (Å²) in [5.74, 6) is 2.82. The van der Waals surface area contributed by atoms with Gasteiger partial charge >= 0.3 is 11.9 Å². The Morgan fingerprint density at radius 3 is 2.21 bits per heavy atom. The van der Waals surface area contributed by atoms with Crippen LogP contribution in [0.3, 0.4) is 0 Å². The van der Waals surface area contributed by atoms with Crippen LogP contribution in [0.2, 0.25) is 0 Å². The molecule has 264 valence electrons. The lowest BCUT2D eigenvalue weighted by Crippen LogP contribution is -2.47. The van der Waals surface area contributed by atoms with Gasteiger partial charge in [-0.15, -0.1) is 0 Å². The van der Waals surface area contributed by atoms with Gasteiger partial charge < -0.3 is 18.9 Å². The standard InChI is InChI=1S/C40H56O8/c1-26(32-8-9-39(3)23-33-27(2)16-35(42)38(33)31(25-41)5-6-34(32)39)4-7-36(43)47-14-12-45-10-11-46-13-15-48-37(44)24-40-20-28-17-29(21-40)19-30(18-28)22-40/h4-5,7,16,25-26,28-30,32-34,38H,6,8-15,17-24H2,1-3H3/b7-4+,31-5-/t26-,28?,29?,30?,32+,33+,34-,38-,39+,40?/m0/s1. The highest BCUT2D eigenvalue weighted by atomic mass is 16.6. The molecule has 4 bridgehead atoms. The molecule has 7 rings (SSSR count). The summed E-state index contributed by atoms with van der Waals surface area (Å²) in [5, 5.41) is 0. The Morgan fingerprint density at radius 2 is 1.56 bits per heavy atom. The second kappa shape index (κ2) is 15.1. The van der Waals surface area contributed by atoms with Crippen LogP contribution in [0.4, 0.5) is 0 Å². The summed E-state index contributed by atoms with van der Waals surface area (Å²) in [6.45, 7) is 8.35. The number of carbonyl (C=O) groups excluding carboxylic acids is 4. The Hall–Kier alpha value is -2.58. The van der Waals surface area contributed by atoms with Crippen molar-refractivity contribution in [2.24, 2.45) is 58.2 Å². The molecule has 0 aromatic carbocycles. The first kappa shape index (κ1) is 35.3. The van der Waals surface area contributed by atoms with Gasteiger partial charge in [-0.1, -0.05) is 31.6 Å². The molecule has 0 heterocycles. The second-order valence-corrected chi connectivity index (χ2v) is 16.5. The molecular formula is C40H56O8. The molecule has 0 unspecified atom stereocenters. The Morgan fingerprint density at radius 1 is 0.938 bits per heavy atom. The highest BCUT2D eigenvalue weighted by Crippen LogP contribution is 2.61. The SMILES string of the molecule is CC1=CC(=O)[C@H]2/C(C=O)=C\C[C@H]3[C@@H]([C@@H](C)/C=C/C(=O)OCCOCCOCCOC(=O)CC45CC6CC(CC(C6)C4)C5)CC[C@]3(C)C[C@H]12. The van der Waals surface area contributed by atoms with Crippen LogP contribution in [0.5, 0.6) is 0 Å². The van der Waals surface area contributed by atoms with E-state index in [0.717, 1.165) is 55.3 Å². The predicted octanol–water partition coefficient (Wildman–Crippen LogP) is 6.62. The zero-order valence-electron chi connectivity index (χ0n) is 29.3. The van der Waals surface area contributed by atoms with Crippen LogP contribution >= 0.6 is 0 Å². The molecule has 0 saturated heterocycles. The van der Waals surface area contributed by atoms with Crippen molar-refractivity contribution in [2.75, 3.05) is 39.6 Å². The van der Waals surface area contributed by atoms with Crippen molar-refractivity contribution in [1.29, 1.82) is 0 Å². The van der Waals surface area contributed by atoms with E-state index < -0.39 is 0 Å². The predicted molar refractivity (Wildman–Crippen MR) is 181 cm³/mol. The van der Waals surface area contributed by atoms with Crippen LogP contribution in [-0.2, 0) is 38.1 Å². The van der Waals surface area contributed by atoms with Gasteiger partial charge in [0.2, 0.25) is 0 Å². The number of hydrogen-bond acceptors (Lipinski definition) is 8. The van der Waals surface area contributed by atoms with Gasteiger partial charge in [0, 0.05) is 6.08 Å². The molecule has 7 aliphatic rings. The zero-order valence-corrected chi connectivity index (χ0v) is 29.3. The molecule has 0 spiro atoms. The van der Waals surface area contributed by atoms with E-state index in [9.17, 15) is 19.2 Å². The average Bonchev–Trinajstić information content (AvgIpc) is 3.48. The Bertz CT molecular complexity index is 1270. The van der Waals surface area contributed by atoms with Gasteiger partial charge in [0.05, 0.1) is 38.8 Å². The quantitative estimate of drug-likeness (QED) is 0.0833. The maximum absolute atomic E-state index is 12.7. The molecule has 8 heteroatoms. The fourth-order valence-corrected chi connectivity index (χ4v) is 11.3. The number of carbonyl (C=O) groups is 4. The van der Waals surface area contributed by atoms with E-state index in [4.69, 9.17) is 18.9 Å². The molecule has 0 N–H and O–H groups in total. The van der Waals surface area contributed by atoms with Crippen LogP contribution in [-0.4, -0.2) is 63.6 Å². The molecular weight excluding hydrogens is 608 g/mol. The van der Waals surface area contributed by atoms with Crippen LogP contribution in [0, 0.1) is 58.2 Å². The number of fused-ring (bicyclic) bond motifs is 2. The summed E-state index contributed by atoms with van der Waals surface area (Å²) in [4.78, 5) is 49.6. The smallest absolute Gasteiger partial charge is 0.330 e. The van der Waals surface area contributed by atoms with Gasteiger partial charge in [-0.05, 0) is 135 Å². The largest absolute Gasteiger partial charge is 0.463 e. The highest BCUT2D eigenvalue weighted by Gasteiger charge is 2.52. The molecule has 7 aliphatic carbocycles. The van der Waals surface area contributed by atoms with Crippen molar-refractivity contribution in [2.45, 2.75) is 91.4 Å². The molecule has 0 amide bonds. The van der Waals surface area contributed by atoms with Crippen molar-refractivity contribution in [3.63, 3.8) is 0 Å². The Kier molecular flexibility index (Phi) is 11.1. The molecule has 6 atom stereocenters. The van der Waals surface area contributed by atoms with Crippen LogP contribution < -0.4 is 0 Å². The van der Waals surface area contributed by atoms with Crippen LogP contribution in [0.15, 0.2) is 35.5 Å². The van der Waals surface area contributed by atoms with Crippen molar-refractivity contribution >= 4 is 24.0 Å². The molecule has 5 saturated carbocycles. The summed E-state index contributed by atoms with van der Waals surface area (Å²) in [7, 11) is 0. The number of hydrogen-bond donors (Lipinski definition) is 0. The number of aldehydes is 1. The number of rotatable bonds is 15. The van der Waals surface area contributed by atoms with Gasteiger partial charge in [0.25, 0.3) is 0 Å². The lowest BCUT2D eigenvalue weighted by Gasteiger charge is -2.56. The van der Waals surface area contributed by atoms with Gasteiger partial charge in [-0.3, -0.25) is 14.4 Å². The molecule has 0 aromatic heterocycles. The zero-order chi connectivity index (χ0) is 33.9. The first-order chi connectivity index (χ1) is 23.1. The van der Waals surface area contributed by atoms with E-state index in [1.54, 1.807) is 6.08 Å². The summed E-state index contributed by atoms with van der Waals surface area (Å²) in [5.41, 5.74) is 2.01. The van der Waals surface area contributed by atoms with Crippen molar-refractivity contribution in [3.05, 3.63) is 35.5 Å². The highest BCUT2D eigenvalue weighted by molar-refractivity contribution is 6.01. The van der Waals surface area contributed by atoms with Crippen molar-refractivity contribution < 1.29 is 38.1 Å². The maximum atomic E-state index is 12.7. The maximum Gasteiger partial charge on any atom is 0.330 e. The Labute approximate surface area is 286 Å². The summed E-state index contributed by atoms with van der Waals surface area (Å²) in [6.07, 6.45) is 20.3. The fourth-order valence-electron chi connectivity index (χ4n) is 11.3. The monoisotopic (exact) mass is 664 g/mol. The van der Waals surface area contributed by atoms with Gasteiger partial charge in [-0.25, -0.2) is 4.79 Å². The molecule has 5 fully saturated rings. The van der Waals surface area contributed by atoms with Gasteiger partial charge in [0.15, 0.2) is 5.78 Å². The Balaban J connectivity index is 0.831. The first-order valence-corrected chi connectivity index (χ1v) is 18.6. The third-order valence-electron chi connectivity index (χ3n) is 13.1. The number of ketones is 1. The third-order valence-corrected chi connectivity index (χ3v) is 13.1. The topological polar surface area (TPSA) is 105 Å². The van der Waals surface area contributed by atoms with E-state index in [2.05, 4.69) is 13.8 Å². The van der Waals surface area contributed by atoms with E-state index in [1.165, 1.54) is 44.6 Å². The van der Waals surface area contributed by atoms with Crippen molar-refractivity contribution in [1.82, 2.24) is 0 Å². The minimum absolute atomic E-state index is 0.0669. The first-order valence-electron chi connectivity index (χ1n) is 18.6. The van der Waals surface area contributed by atoms with Gasteiger partial charge in [0.1, 0.15) is 19.5 Å².